The summed E-state index contributed by atoms with van der Waals surface area (Å²) in [5, 5.41) is 19.2. The van der Waals surface area contributed by atoms with Gasteiger partial charge < -0.3 is 10.6 Å². The van der Waals surface area contributed by atoms with E-state index in [1.165, 1.54) is 12.1 Å². The number of benzene rings is 2. The van der Waals surface area contributed by atoms with Crippen LogP contribution in [-0.2, 0) is 11.2 Å². The summed E-state index contributed by atoms with van der Waals surface area (Å²) in [4.78, 5) is 33.4. The number of hydrazone groups is 1. The zero-order valence-electron chi connectivity index (χ0n) is 14.0. The number of non-ortho nitro benzene ring substituents is 1. The molecule has 9 nitrogen and oxygen atoms in total. The molecular formula is C17H16ClN5O4. The highest BCUT2D eigenvalue weighted by Gasteiger charge is 2.12. The molecule has 0 spiro atoms. The van der Waals surface area contributed by atoms with E-state index in [-0.39, 0.29) is 22.9 Å². The number of urea groups is 1. The number of nitro groups is 1. The van der Waals surface area contributed by atoms with Crippen molar-refractivity contribution in [3.63, 3.8) is 0 Å². The molecular weight excluding hydrogens is 374 g/mol. The maximum atomic E-state index is 11.8. The van der Waals surface area contributed by atoms with Crippen molar-refractivity contribution in [3.8, 4) is 0 Å². The molecule has 27 heavy (non-hydrogen) atoms. The van der Waals surface area contributed by atoms with Gasteiger partial charge in [0.15, 0.2) is 0 Å². The Morgan fingerprint density at radius 3 is 2.59 bits per heavy atom. The maximum absolute atomic E-state index is 11.8. The number of rotatable bonds is 7. The lowest BCUT2D eigenvalue weighted by atomic mass is 10.2. The Morgan fingerprint density at radius 1 is 1.19 bits per heavy atom. The van der Waals surface area contributed by atoms with Gasteiger partial charge in [0.1, 0.15) is 6.54 Å². The van der Waals surface area contributed by atoms with Gasteiger partial charge in [0.25, 0.3) is 11.6 Å². The molecule has 2 aromatic carbocycles. The molecule has 0 aromatic heterocycles. The number of nitrogens with zero attached hydrogens (tertiary/aromatic N) is 2. The van der Waals surface area contributed by atoms with Gasteiger partial charge in [-0.3, -0.25) is 14.9 Å². The number of anilines is 1. The Bertz CT molecular complexity index is 858. The van der Waals surface area contributed by atoms with Crippen LogP contribution in [0.2, 0.25) is 5.02 Å². The van der Waals surface area contributed by atoms with Crippen molar-refractivity contribution in [2.45, 2.75) is 6.42 Å². The van der Waals surface area contributed by atoms with Crippen molar-refractivity contribution >= 4 is 41.1 Å². The minimum atomic E-state index is -0.686. The Balaban J connectivity index is 1.73. The highest BCUT2D eigenvalue weighted by molar-refractivity contribution is 6.33. The molecule has 0 heterocycles. The number of amides is 3. The lowest BCUT2D eigenvalue weighted by Gasteiger charge is -2.08. The molecule has 0 saturated heterocycles. The molecule has 0 aliphatic rings. The van der Waals surface area contributed by atoms with E-state index in [2.05, 4.69) is 21.2 Å². The van der Waals surface area contributed by atoms with Crippen molar-refractivity contribution in [1.29, 1.82) is 0 Å². The number of carbonyl (C=O) groups excluding carboxylic acids is 2. The fourth-order valence-electron chi connectivity index (χ4n) is 1.97. The van der Waals surface area contributed by atoms with Gasteiger partial charge in [0.2, 0.25) is 0 Å². The maximum Gasteiger partial charge on any atom is 0.319 e. The summed E-state index contributed by atoms with van der Waals surface area (Å²) in [5.41, 5.74) is 3.33. The quantitative estimate of drug-likeness (QED) is 0.382. The third-order valence-corrected chi connectivity index (χ3v) is 3.58. The molecule has 0 atom stereocenters. The zero-order chi connectivity index (χ0) is 19.6. The van der Waals surface area contributed by atoms with Gasteiger partial charge >= 0.3 is 6.03 Å². The van der Waals surface area contributed by atoms with Gasteiger partial charge in [0, 0.05) is 24.8 Å². The van der Waals surface area contributed by atoms with Gasteiger partial charge in [-0.05, 0) is 11.6 Å². The number of nitro benzene ring substituents is 1. The second-order valence-corrected chi connectivity index (χ2v) is 5.67. The van der Waals surface area contributed by atoms with E-state index in [4.69, 9.17) is 11.6 Å². The Hall–Kier alpha value is -3.46. The molecule has 3 N–H and O–H groups in total. The summed E-state index contributed by atoms with van der Waals surface area (Å²) >= 11 is 5.87. The van der Waals surface area contributed by atoms with E-state index in [0.717, 1.165) is 11.6 Å². The predicted octanol–water partition coefficient (Wildman–Crippen LogP) is 2.71. The van der Waals surface area contributed by atoms with Crippen molar-refractivity contribution in [3.05, 3.63) is 69.2 Å². The number of carbonyl (C=O) groups is 2. The van der Waals surface area contributed by atoms with Crippen LogP contribution in [0.25, 0.3) is 0 Å². The number of halogens is 1. The zero-order valence-corrected chi connectivity index (χ0v) is 14.8. The summed E-state index contributed by atoms with van der Waals surface area (Å²) in [6.07, 6.45) is 2.11. The van der Waals surface area contributed by atoms with Gasteiger partial charge in [-0.25, -0.2) is 10.2 Å². The predicted molar refractivity (Wildman–Crippen MR) is 102 cm³/mol. The molecule has 0 aliphatic heterocycles. The largest absolute Gasteiger partial charge is 0.329 e. The highest BCUT2D eigenvalue weighted by Crippen LogP contribution is 2.26. The SMILES string of the molecule is O=C(CNC(=O)Nc1ccc([N+](=O)[O-])cc1Cl)NN=CCc1ccccc1. The molecule has 0 radical (unpaired) electrons. The van der Waals surface area contributed by atoms with Gasteiger partial charge in [-0.2, -0.15) is 5.10 Å². The van der Waals surface area contributed by atoms with E-state index in [1.807, 2.05) is 30.3 Å². The molecule has 10 heteroatoms. The van der Waals surface area contributed by atoms with Crippen LogP contribution < -0.4 is 16.1 Å². The van der Waals surface area contributed by atoms with Crippen molar-refractivity contribution < 1.29 is 14.5 Å². The smallest absolute Gasteiger partial charge is 0.319 e. The average molecular weight is 390 g/mol. The van der Waals surface area contributed by atoms with Crippen LogP contribution in [0.4, 0.5) is 16.2 Å². The first-order chi connectivity index (χ1) is 13.0. The van der Waals surface area contributed by atoms with Crippen molar-refractivity contribution in [2.24, 2.45) is 5.10 Å². The summed E-state index contributed by atoms with van der Waals surface area (Å²) in [6, 6.07) is 12.5. The molecule has 0 unspecified atom stereocenters. The normalized spacial score (nSPS) is 10.4. The topological polar surface area (TPSA) is 126 Å². The molecule has 2 aromatic rings. The number of hydrogen-bond donors (Lipinski definition) is 3. The average Bonchev–Trinajstić information content (AvgIpc) is 2.66. The number of hydrogen-bond acceptors (Lipinski definition) is 5. The van der Waals surface area contributed by atoms with Crippen LogP contribution in [0.1, 0.15) is 5.56 Å². The molecule has 0 saturated carbocycles. The first-order valence-electron chi connectivity index (χ1n) is 7.79. The van der Waals surface area contributed by atoms with Crippen molar-refractivity contribution in [1.82, 2.24) is 10.7 Å². The van der Waals surface area contributed by atoms with E-state index in [0.29, 0.717) is 6.42 Å². The molecule has 0 fully saturated rings. The van der Waals surface area contributed by atoms with E-state index in [9.17, 15) is 19.7 Å². The molecule has 3 amide bonds. The minimum absolute atomic E-state index is 0.00862. The third-order valence-electron chi connectivity index (χ3n) is 3.27. The van der Waals surface area contributed by atoms with E-state index < -0.39 is 16.9 Å². The lowest BCUT2D eigenvalue weighted by molar-refractivity contribution is -0.384. The molecule has 140 valence electrons. The van der Waals surface area contributed by atoms with Crippen LogP contribution in [0.5, 0.6) is 0 Å². The molecule has 0 aliphatic carbocycles. The second kappa shape index (κ2) is 9.88. The molecule has 0 bridgehead atoms. The fraction of sp³-hybridized carbons (Fsp3) is 0.118. The van der Waals surface area contributed by atoms with E-state index in [1.54, 1.807) is 6.21 Å². The Labute approximate surface area is 159 Å². The van der Waals surface area contributed by atoms with Gasteiger partial charge in [-0.1, -0.05) is 41.9 Å². The Kier molecular flexibility index (Phi) is 7.26. The van der Waals surface area contributed by atoms with Gasteiger partial charge in [0.05, 0.1) is 15.6 Å². The van der Waals surface area contributed by atoms with Crippen LogP contribution >= 0.6 is 11.6 Å². The lowest BCUT2D eigenvalue weighted by Crippen LogP contribution is -2.37. The third kappa shape index (κ3) is 6.75. The van der Waals surface area contributed by atoms with E-state index >= 15 is 0 Å². The first kappa shape index (κ1) is 19.9. The number of nitrogens with one attached hydrogen (secondary N) is 3. The summed E-state index contributed by atoms with van der Waals surface area (Å²) < 4.78 is 0. The monoisotopic (exact) mass is 389 g/mol. The first-order valence-corrected chi connectivity index (χ1v) is 8.16. The second-order valence-electron chi connectivity index (χ2n) is 5.27. The van der Waals surface area contributed by atoms with Crippen LogP contribution in [0.15, 0.2) is 53.6 Å². The minimum Gasteiger partial charge on any atom is -0.329 e. The van der Waals surface area contributed by atoms with Crippen LogP contribution in [-0.4, -0.2) is 29.6 Å². The summed E-state index contributed by atoms with van der Waals surface area (Å²) in [5.74, 6) is -0.510. The Morgan fingerprint density at radius 2 is 1.93 bits per heavy atom. The van der Waals surface area contributed by atoms with Gasteiger partial charge in [-0.15, -0.1) is 0 Å². The van der Waals surface area contributed by atoms with Crippen molar-refractivity contribution in [2.75, 3.05) is 11.9 Å². The highest BCUT2D eigenvalue weighted by atomic mass is 35.5. The summed E-state index contributed by atoms with van der Waals surface area (Å²) in [7, 11) is 0. The van der Waals surface area contributed by atoms with Crippen LogP contribution in [0, 0.1) is 10.1 Å². The summed E-state index contributed by atoms with van der Waals surface area (Å²) in [6.45, 7) is -0.306. The standard InChI is InChI=1S/C17H16ClN5O4/c18-14-10-13(23(26)27)6-7-15(14)21-17(25)19-11-16(24)22-20-9-8-12-4-2-1-3-5-12/h1-7,9-10H,8,11H2,(H,22,24)(H2,19,21,25). The fourth-order valence-corrected chi connectivity index (χ4v) is 2.19. The van der Waals surface area contributed by atoms with Crippen LogP contribution in [0.3, 0.4) is 0 Å². The molecule has 2 rings (SSSR count).